The van der Waals surface area contributed by atoms with Gasteiger partial charge in [0.05, 0.1) is 0 Å². The number of hydrogen-bond donors (Lipinski definition) is 1. The Morgan fingerprint density at radius 1 is 1.33 bits per heavy atom. The molecule has 0 spiro atoms. The molecule has 0 radical (unpaired) electrons. The molecule has 21 heavy (non-hydrogen) atoms. The van der Waals surface area contributed by atoms with E-state index in [-0.39, 0.29) is 13.1 Å². The van der Waals surface area contributed by atoms with E-state index >= 15 is 0 Å². The third-order valence-electron chi connectivity index (χ3n) is 3.38. The lowest BCUT2D eigenvalue weighted by Crippen LogP contribution is -2.54. The van der Waals surface area contributed by atoms with Gasteiger partial charge in [-0.1, -0.05) is 0 Å². The minimum Gasteiger partial charge on any atom is -0.480 e. The lowest BCUT2D eigenvalue weighted by molar-refractivity contribution is -0.157. The molecule has 116 valence electrons. The molecular formula is C13H19N3O5. The third-order valence-corrected chi connectivity index (χ3v) is 3.38. The number of hydrogen-bond acceptors (Lipinski definition) is 4. The van der Waals surface area contributed by atoms with Crippen LogP contribution in [0.5, 0.6) is 0 Å². The lowest BCUT2D eigenvalue weighted by atomic mass is 10.0. The minimum atomic E-state index is -1.38. The van der Waals surface area contributed by atoms with Crippen molar-refractivity contribution in [2.24, 2.45) is 7.05 Å². The summed E-state index contributed by atoms with van der Waals surface area (Å²) in [6.45, 7) is 4.36. The molecule has 0 unspecified atom stereocenters. The van der Waals surface area contributed by atoms with E-state index in [2.05, 4.69) is 0 Å². The summed E-state index contributed by atoms with van der Waals surface area (Å²) in [6.07, 6.45) is 1.23. The van der Waals surface area contributed by atoms with Gasteiger partial charge in [-0.15, -0.1) is 0 Å². The molecule has 1 aromatic rings. The summed E-state index contributed by atoms with van der Waals surface area (Å²) in [7, 11) is 1.31. The molecule has 0 bridgehead atoms. The van der Waals surface area contributed by atoms with Gasteiger partial charge in [0.15, 0.2) is 0 Å². The van der Waals surface area contributed by atoms with Crippen molar-refractivity contribution in [3.8, 4) is 0 Å². The zero-order valence-corrected chi connectivity index (χ0v) is 12.5. The number of carboxylic acid groups (broad SMARTS) is 1. The molecule has 0 saturated carbocycles. The first-order valence-corrected chi connectivity index (χ1v) is 6.43. The van der Waals surface area contributed by atoms with E-state index in [1.807, 2.05) is 0 Å². The predicted octanol–water partition coefficient (Wildman–Crippen LogP) is -0.741. The lowest BCUT2D eigenvalue weighted by Gasteiger charge is -2.34. The zero-order valence-electron chi connectivity index (χ0n) is 12.5. The van der Waals surface area contributed by atoms with Crippen LogP contribution in [-0.2, 0) is 23.2 Å². The normalized spacial score (nSPS) is 11.2. The molecule has 1 aromatic heterocycles. The Kier molecular flexibility index (Phi) is 4.72. The van der Waals surface area contributed by atoms with Crippen molar-refractivity contribution in [2.75, 3.05) is 6.54 Å². The van der Waals surface area contributed by atoms with Crippen LogP contribution >= 0.6 is 0 Å². The summed E-state index contributed by atoms with van der Waals surface area (Å²) in [5.74, 6) is -1.64. The van der Waals surface area contributed by atoms with Crippen molar-refractivity contribution >= 4 is 11.9 Å². The van der Waals surface area contributed by atoms with Crippen molar-refractivity contribution < 1.29 is 14.7 Å². The number of carboxylic acids is 1. The van der Waals surface area contributed by atoms with Crippen molar-refractivity contribution in [1.82, 2.24) is 14.0 Å². The zero-order chi connectivity index (χ0) is 16.4. The number of nitrogens with zero attached hydrogens (tertiary/aromatic N) is 3. The average molecular weight is 297 g/mol. The topological polar surface area (TPSA) is 102 Å². The van der Waals surface area contributed by atoms with E-state index in [9.17, 15) is 24.3 Å². The maximum absolute atomic E-state index is 12.3. The molecule has 8 heteroatoms. The number of aromatic nitrogens is 2. The minimum absolute atomic E-state index is 0.193. The average Bonchev–Trinajstić information content (AvgIpc) is 2.40. The van der Waals surface area contributed by atoms with Crippen LogP contribution in [0.2, 0.25) is 0 Å². The highest BCUT2D eigenvalue weighted by Crippen LogP contribution is 2.15. The van der Waals surface area contributed by atoms with Gasteiger partial charge >= 0.3 is 11.7 Å². The van der Waals surface area contributed by atoms with Gasteiger partial charge in [-0.2, -0.15) is 0 Å². The summed E-state index contributed by atoms with van der Waals surface area (Å²) >= 11 is 0. The summed E-state index contributed by atoms with van der Waals surface area (Å²) in [5, 5.41) is 9.18. The second-order valence-corrected chi connectivity index (χ2v) is 5.13. The Balaban J connectivity index is 3.11. The Morgan fingerprint density at radius 2 is 1.90 bits per heavy atom. The van der Waals surface area contributed by atoms with Crippen molar-refractivity contribution in [3.05, 3.63) is 33.1 Å². The van der Waals surface area contributed by atoms with Crippen LogP contribution in [0.1, 0.15) is 20.8 Å². The van der Waals surface area contributed by atoms with Crippen LogP contribution in [0.25, 0.3) is 0 Å². The van der Waals surface area contributed by atoms with Crippen molar-refractivity contribution in [3.63, 3.8) is 0 Å². The summed E-state index contributed by atoms with van der Waals surface area (Å²) in [6, 6.07) is 1.17. The maximum Gasteiger partial charge on any atom is 0.331 e. The predicted molar refractivity (Wildman–Crippen MR) is 75.0 cm³/mol. The van der Waals surface area contributed by atoms with Gasteiger partial charge in [-0.3, -0.25) is 18.7 Å². The standard InChI is InChI=1S/C13H19N3O5/c1-5-16(13(2,3)11(19)20)10(18)8-15-7-6-9(17)14(4)12(15)21/h6-7H,5,8H2,1-4H3,(H,19,20). The van der Waals surface area contributed by atoms with Crippen molar-refractivity contribution in [2.45, 2.75) is 32.9 Å². The van der Waals surface area contributed by atoms with Crippen LogP contribution in [0.3, 0.4) is 0 Å². The van der Waals surface area contributed by atoms with Crippen molar-refractivity contribution in [1.29, 1.82) is 0 Å². The van der Waals surface area contributed by atoms with E-state index in [4.69, 9.17) is 0 Å². The highest BCUT2D eigenvalue weighted by molar-refractivity contribution is 5.86. The van der Waals surface area contributed by atoms with Crippen LogP contribution in [0.4, 0.5) is 0 Å². The fraction of sp³-hybridized carbons (Fsp3) is 0.538. The number of aliphatic carboxylic acids is 1. The summed E-state index contributed by atoms with van der Waals surface area (Å²) in [5.41, 5.74) is -2.47. The summed E-state index contributed by atoms with van der Waals surface area (Å²) < 4.78 is 1.95. The number of likely N-dealkylation sites (N-methyl/N-ethyl adjacent to an activating group) is 1. The first kappa shape index (κ1) is 16.7. The van der Waals surface area contributed by atoms with Crippen LogP contribution in [0.15, 0.2) is 21.9 Å². The molecule has 0 aromatic carbocycles. The molecule has 0 atom stereocenters. The molecule has 0 aliphatic heterocycles. The molecular weight excluding hydrogens is 278 g/mol. The van der Waals surface area contributed by atoms with Gasteiger partial charge in [0.1, 0.15) is 12.1 Å². The van der Waals surface area contributed by atoms with E-state index in [0.717, 1.165) is 9.13 Å². The van der Waals surface area contributed by atoms with E-state index in [1.54, 1.807) is 6.92 Å². The van der Waals surface area contributed by atoms with Gasteiger partial charge in [-0.05, 0) is 20.8 Å². The van der Waals surface area contributed by atoms with Gasteiger partial charge in [0, 0.05) is 25.9 Å². The number of rotatable bonds is 5. The SMILES string of the molecule is CCN(C(=O)Cn1ccc(=O)n(C)c1=O)C(C)(C)C(=O)O. The van der Waals surface area contributed by atoms with Gasteiger partial charge < -0.3 is 10.0 Å². The number of carbonyl (C=O) groups is 2. The Morgan fingerprint density at radius 3 is 2.38 bits per heavy atom. The molecule has 0 saturated heterocycles. The van der Waals surface area contributed by atoms with Gasteiger partial charge in [0.2, 0.25) is 5.91 Å². The van der Waals surface area contributed by atoms with Crippen LogP contribution < -0.4 is 11.2 Å². The van der Waals surface area contributed by atoms with Crippen LogP contribution in [0, 0.1) is 0 Å². The molecule has 1 rings (SSSR count). The van der Waals surface area contributed by atoms with Gasteiger partial charge in [0.25, 0.3) is 5.56 Å². The molecule has 1 N–H and O–H groups in total. The maximum atomic E-state index is 12.3. The number of amides is 1. The molecule has 1 amide bonds. The molecule has 1 heterocycles. The highest BCUT2D eigenvalue weighted by Gasteiger charge is 2.36. The second-order valence-electron chi connectivity index (χ2n) is 5.13. The Hall–Kier alpha value is -2.38. The molecule has 0 fully saturated rings. The smallest absolute Gasteiger partial charge is 0.331 e. The third kappa shape index (κ3) is 3.21. The van der Waals surface area contributed by atoms with Gasteiger partial charge in [-0.25, -0.2) is 9.59 Å². The first-order valence-electron chi connectivity index (χ1n) is 6.43. The van der Waals surface area contributed by atoms with E-state index in [1.165, 1.54) is 38.1 Å². The quantitative estimate of drug-likeness (QED) is 0.771. The molecule has 0 aliphatic rings. The largest absolute Gasteiger partial charge is 0.480 e. The van der Waals surface area contributed by atoms with E-state index < -0.39 is 28.7 Å². The Bertz CT molecular complexity index is 671. The Labute approximate surface area is 121 Å². The van der Waals surface area contributed by atoms with E-state index in [0.29, 0.717) is 0 Å². The fourth-order valence-corrected chi connectivity index (χ4v) is 1.97. The fourth-order valence-electron chi connectivity index (χ4n) is 1.97. The first-order chi connectivity index (χ1) is 9.62. The molecule has 0 aliphatic carbocycles. The highest BCUT2D eigenvalue weighted by atomic mass is 16.4. The summed E-state index contributed by atoms with van der Waals surface area (Å²) in [4.78, 5) is 47.8. The number of carbonyl (C=O) groups excluding carboxylic acids is 1. The monoisotopic (exact) mass is 297 g/mol. The molecule has 8 nitrogen and oxygen atoms in total. The second kappa shape index (κ2) is 5.94. The van der Waals surface area contributed by atoms with Crippen LogP contribution in [-0.4, -0.2) is 43.1 Å².